The molecule has 0 aliphatic heterocycles. The zero-order valence-electron chi connectivity index (χ0n) is 11.8. The Labute approximate surface area is 117 Å². The third-order valence-electron chi connectivity index (χ3n) is 2.59. The molecule has 6 nitrogen and oxygen atoms in total. The number of hydrogen-bond donors (Lipinski definition) is 4. The second-order valence-corrected chi connectivity index (χ2v) is 5.31. The molecule has 0 fully saturated rings. The Morgan fingerprint density at radius 1 is 1.30 bits per heavy atom. The number of hydrogen-bond acceptors (Lipinski definition) is 5. The van der Waals surface area contributed by atoms with Gasteiger partial charge in [0.1, 0.15) is 0 Å². The number of carboxylic acid groups (broad SMARTS) is 1. The predicted octanol–water partition coefficient (Wildman–Crippen LogP) is 2.22. The highest BCUT2D eigenvalue weighted by atomic mass is 16.4. The lowest BCUT2D eigenvalue weighted by Crippen LogP contribution is -2.18. The Kier molecular flexibility index (Phi) is 4.88. The van der Waals surface area contributed by atoms with Gasteiger partial charge in [-0.3, -0.25) is 15.6 Å². The molecule has 0 bridgehead atoms. The average molecular weight is 276 g/mol. The van der Waals surface area contributed by atoms with E-state index in [0.29, 0.717) is 5.69 Å². The van der Waals surface area contributed by atoms with E-state index >= 15 is 0 Å². The number of nitrogens with one attached hydrogen (secondary N) is 1. The number of benzene rings is 1. The van der Waals surface area contributed by atoms with Gasteiger partial charge < -0.3 is 16.3 Å². The molecule has 0 radical (unpaired) electrons. The number of nitrogens with zero attached hydrogens (tertiary/aromatic N) is 1. The molecule has 0 spiro atoms. The highest BCUT2D eigenvalue weighted by Gasteiger charge is 2.18. The summed E-state index contributed by atoms with van der Waals surface area (Å²) in [7, 11) is 0. The maximum absolute atomic E-state index is 10.0. The highest BCUT2D eigenvalue weighted by Crippen LogP contribution is 2.25. The van der Waals surface area contributed by atoms with Crippen molar-refractivity contribution in [2.75, 3.05) is 11.2 Å². The number of hydrazine groups is 1. The molecule has 1 aromatic heterocycles. The number of carbonyl (C=O) groups is 1. The molecular weight excluding hydrogens is 256 g/mol. The summed E-state index contributed by atoms with van der Waals surface area (Å²) in [6, 6.07) is 7.68. The van der Waals surface area contributed by atoms with E-state index in [1.54, 1.807) is 27.0 Å². The highest BCUT2D eigenvalue weighted by molar-refractivity contribution is 5.96. The summed E-state index contributed by atoms with van der Waals surface area (Å²) in [5.74, 6) is 4.60. The predicted molar refractivity (Wildman–Crippen MR) is 81.1 cm³/mol. The second kappa shape index (κ2) is 6.21. The molecule has 0 unspecified atom stereocenters. The van der Waals surface area contributed by atoms with Crippen LogP contribution in [0.15, 0.2) is 30.5 Å². The van der Waals surface area contributed by atoms with Crippen LogP contribution in [0, 0.1) is 5.41 Å². The minimum Gasteiger partial charge on any atom is -0.481 e. The molecule has 1 aromatic carbocycles. The molecule has 0 saturated carbocycles. The van der Waals surface area contributed by atoms with E-state index in [-0.39, 0.29) is 0 Å². The van der Waals surface area contributed by atoms with E-state index in [4.69, 9.17) is 16.7 Å². The van der Waals surface area contributed by atoms with Crippen LogP contribution in [0.3, 0.4) is 0 Å². The minimum atomic E-state index is -0.757. The molecule has 6 heteroatoms. The zero-order valence-corrected chi connectivity index (χ0v) is 11.8. The quantitative estimate of drug-likeness (QED) is 0.469. The molecule has 2 rings (SSSR count). The van der Waals surface area contributed by atoms with Crippen molar-refractivity contribution in [2.45, 2.75) is 20.8 Å². The van der Waals surface area contributed by atoms with Gasteiger partial charge in [0.2, 0.25) is 0 Å². The van der Waals surface area contributed by atoms with Gasteiger partial charge in [0.05, 0.1) is 28.5 Å². The Balaban J connectivity index is 0.000000246. The minimum absolute atomic E-state index is 0.557. The van der Waals surface area contributed by atoms with Gasteiger partial charge in [0.25, 0.3) is 0 Å². The Hall–Kier alpha value is -2.34. The van der Waals surface area contributed by atoms with Gasteiger partial charge in [-0.1, -0.05) is 18.2 Å². The van der Waals surface area contributed by atoms with Crippen LogP contribution < -0.4 is 17.0 Å². The van der Waals surface area contributed by atoms with Gasteiger partial charge in [0.15, 0.2) is 0 Å². The zero-order chi connectivity index (χ0) is 15.3. The van der Waals surface area contributed by atoms with Crippen LogP contribution >= 0.6 is 0 Å². The van der Waals surface area contributed by atoms with Crippen LogP contribution in [0.5, 0.6) is 0 Å². The summed E-state index contributed by atoms with van der Waals surface area (Å²) in [4.78, 5) is 14.2. The van der Waals surface area contributed by atoms with Crippen LogP contribution in [0.25, 0.3) is 10.9 Å². The van der Waals surface area contributed by atoms with E-state index in [9.17, 15) is 4.79 Å². The topological polar surface area (TPSA) is 114 Å². The molecule has 20 heavy (non-hydrogen) atoms. The number of aliphatic carboxylic acids is 1. The number of pyridine rings is 1. The van der Waals surface area contributed by atoms with Crippen LogP contribution in [0.4, 0.5) is 11.4 Å². The number of carboxylic acids is 1. The summed E-state index contributed by atoms with van der Waals surface area (Å²) in [6.45, 7) is 4.99. The first-order valence-corrected chi connectivity index (χ1v) is 6.10. The van der Waals surface area contributed by atoms with Crippen molar-refractivity contribution in [1.29, 1.82) is 0 Å². The van der Waals surface area contributed by atoms with E-state index in [0.717, 1.165) is 16.6 Å². The molecule has 6 N–H and O–H groups in total. The molecule has 2 aromatic rings. The fourth-order valence-electron chi connectivity index (χ4n) is 1.32. The number of nitrogen functional groups attached to an aromatic ring is 2. The van der Waals surface area contributed by atoms with Crippen LogP contribution in [0.2, 0.25) is 0 Å². The van der Waals surface area contributed by atoms with Crippen molar-refractivity contribution in [3.05, 3.63) is 30.5 Å². The van der Waals surface area contributed by atoms with Crippen molar-refractivity contribution in [1.82, 2.24) is 4.98 Å². The van der Waals surface area contributed by atoms with Gasteiger partial charge in [-0.05, 0) is 26.8 Å². The second-order valence-electron chi connectivity index (χ2n) is 5.31. The summed E-state index contributed by atoms with van der Waals surface area (Å²) >= 11 is 0. The van der Waals surface area contributed by atoms with E-state index in [2.05, 4.69) is 10.4 Å². The van der Waals surface area contributed by atoms with Crippen molar-refractivity contribution < 1.29 is 9.90 Å². The van der Waals surface area contributed by atoms with Crippen molar-refractivity contribution >= 4 is 28.2 Å². The normalized spacial score (nSPS) is 10.6. The standard InChI is InChI=1S/C9H10N4.C5H10O2/c10-7-5-12-8-4-2-1-3-6(8)9(7)13-11;1-5(2,3)4(6)7/h1-5H,10-11H2,(H,12,13);1-3H3,(H,6,7). The average Bonchev–Trinajstić information content (AvgIpc) is 2.38. The maximum atomic E-state index is 10.0. The molecular formula is C14H20N4O2. The van der Waals surface area contributed by atoms with Gasteiger partial charge >= 0.3 is 5.97 Å². The SMILES string of the molecule is CC(C)(C)C(=O)O.NNc1c(N)cnc2ccccc12. The summed E-state index contributed by atoms with van der Waals surface area (Å²) in [5, 5.41) is 9.19. The molecule has 0 amide bonds. The third-order valence-corrected chi connectivity index (χ3v) is 2.59. The first-order chi connectivity index (χ1) is 9.27. The lowest BCUT2D eigenvalue weighted by atomic mass is 9.98. The maximum Gasteiger partial charge on any atom is 0.308 e. The first-order valence-electron chi connectivity index (χ1n) is 6.10. The Bertz CT molecular complexity index is 606. The monoisotopic (exact) mass is 276 g/mol. The third kappa shape index (κ3) is 3.83. The van der Waals surface area contributed by atoms with Crippen LogP contribution in [-0.2, 0) is 4.79 Å². The van der Waals surface area contributed by atoms with E-state index < -0.39 is 11.4 Å². The number of anilines is 2. The fraction of sp³-hybridized carbons (Fsp3) is 0.286. The summed E-state index contributed by atoms with van der Waals surface area (Å²) in [6.07, 6.45) is 1.59. The van der Waals surface area contributed by atoms with E-state index in [1.807, 2.05) is 24.3 Å². The first kappa shape index (κ1) is 15.7. The van der Waals surface area contributed by atoms with Crippen LogP contribution in [-0.4, -0.2) is 16.1 Å². The Morgan fingerprint density at radius 3 is 2.35 bits per heavy atom. The van der Waals surface area contributed by atoms with Crippen molar-refractivity contribution in [2.24, 2.45) is 11.3 Å². The number of nitrogens with two attached hydrogens (primary N) is 2. The van der Waals surface area contributed by atoms with Gasteiger partial charge in [-0.15, -0.1) is 0 Å². The van der Waals surface area contributed by atoms with Crippen molar-refractivity contribution in [3.8, 4) is 0 Å². The lowest BCUT2D eigenvalue weighted by molar-refractivity contribution is -0.145. The fourth-order valence-corrected chi connectivity index (χ4v) is 1.32. The van der Waals surface area contributed by atoms with Gasteiger partial charge in [-0.25, -0.2) is 0 Å². The molecule has 0 aliphatic carbocycles. The largest absolute Gasteiger partial charge is 0.481 e. The molecule has 108 valence electrons. The number of aromatic nitrogens is 1. The molecule has 1 heterocycles. The van der Waals surface area contributed by atoms with Crippen molar-refractivity contribution in [3.63, 3.8) is 0 Å². The number of para-hydroxylation sites is 1. The van der Waals surface area contributed by atoms with Gasteiger partial charge in [0, 0.05) is 5.39 Å². The summed E-state index contributed by atoms with van der Waals surface area (Å²) in [5.41, 5.74) is 9.85. The van der Waals surface area contributed by atoms with Gasteiger partial charge in [-0.2, -0.15) is 0 Å². The van der Waals surface area contributed by atoms with Crippen LogP contribution in [0.1, 0.15) is 20.8 Å². The molecule has 0 saturated heterocycles. The lowest BCUT2D eigenvalue weighted by Gasteiger charge is -2.08. The Morgan fingerprint density at radius 2 is 1.85 bits per heavy atom. The smallest absolute Gasteiger partial charge is 0.308 e. The number of fused-ring (bicyclic) bond motifs is 1. The molecule has 0 atom stereocenters. The summed E-state index contributed by atoms with van der Waals surface area (Å²) < 4.78 is 0. The number of rotatable bonds is 1. The molecule has 0 aliphatic rings. The van der Waals surface area contributed by atoms with E-state index in [1.165, 1.54) is 0 Å².